The maximum absolute atomic E-state index is 12.6. The zero-order valence-corrected chi connectivity index (χ0v) is 12.4. The molecule has 0 N–H and O–H groups in total. The van der Waals surface area contributed by atoms with Crippen molar-refractivity contribution in [1.82, 2.24) is 4.31 Å². The number of rotatable bonds is 3. The molecule has 3 aliphatic rings. The molecule has 0 aliphatic heterocycles. The van der Waals surface area contributed by atoms with Gasteiger partial charge in [-0.3, -0.25) is 0 Å². The molecule has 104 valence electrons. The van der Waals surface area contributed by atoms with Gasteiger partial charge in [-0.25, -0.2) is 12.7 Å². The highest BCUT2D eigenvalue weighted by Crippen LogP contribution is 2.64. The maximum Gasteiger partial charge on any atom is 0.217 e. The lowest BCUT2D eigenvalue weighted by molar-refractivity contribution is 0.241. The van der Waals surface area contributed by atoms with E-state index in [1.54, 1.807) is 4.31 Å². The van der Waals surface area contributed by atoms with Crippen LogP contribution >= 0.6 is 0 Å². The van der Waals surface area contributed by atoms with E-state index in [1.165, 1.54) is 19.3 Å². The van der Waals surface area contributed by atoms with Gasteiger partial charge in [0, 0.05) is 13.1 Å². The van der Waals surface area contributed by atoms with Gasteiger partial charge >= 0.3 is 0 Å². The molecule has 0 saturated heterocycles. The number of hydrogen-bond donors (Lipinski definition) is 0. The predicted molar refractivity (Wildman–Crippen MR) is 72.8 cm³/mol. The van der Waals surface area contributed by atoms with Crippen LogP contribution in [0, 0.1) is 11.3 Å². The first-order valence-electron chi connectivity index (χ1n) is 7.42. The fourth-order valence-corrected chi connectivity index (χ4v) is 6.34. The zero-order valence-electron chi connectivity index (χ0n) is 11.6. The lowest BCUT2D eigenvalue weighted by Gasteiger charge is -2.34. The first-order chi connectivity index (χ1) is 8.46. The highest BCUT2D eigenvalue weighted by Gasteiger charge is 2.64. The van der Waals surface area contributed by atoms with Crippen molar-refractivity contribution >= 4 is 10.0 Å². The van der Waals surface area contributed by atoms with Gasteiger partial charge in [-0.1, -0.05) is 13.3 Å². The van der Waals surface area contributed by atoms with Crippen LogP contribution < -0.4 is 0 Å². The van der Waals surface area contributed by atoms with E-state index in [0.717, 1.165) is 38.0 Å². The molecule has 3 saturated carbocycles. The Morgan fingerprint density at radius 2 is 1.72 bits per heavy atom. The number of hydrogen-bond acceptors (Lipinski definition) is 2. The van der Waals surface area contributed by atoms with E-state index in [2.05, 4.69) is 6.92 Å². The summed E-state index contributed by atoms with van der Waals surface area (Å²) in [5.41, 5.74) is 0.217. The van der Waals surface area contributed by atoms with Crippen LogP contribution in [-0.4, -0.2) is 31.1 Å². The second-order valence-electron chi connectivity index (χ2n) is 6.88. The van der Waals surface area contributed by atoms with E-state index in [-0.39, 0.29) is 16.7 Å². The maximum atomic E-state index is 12.6. The third-order valence-corrected chi connectivity index (χ3v) is 8.21. The van der Waals surface area contributed by atoms with Gasteiger partial charge in [0.1, 0.15) is 0 Å². The Labute approximate surface area is 111 Å². The van der Waals surface area contributed by atoms with Gasteiger partial charge in [-0.2, -0.15) is 0 Å². The first-order valence-corrected chi connectivity index (χ1v) is 8.93. The molecule has 3 fully saturated rings. The largest absolute Gasteiger partial charge is 0.217 e. The quantitative estimate of drug-likeness (QED) is 0.791. The topological polar surface area (TPSA) is 37.4 Å². The summed E-state index contributed by atoms with van der Waals surface area (Å²) < 4.78 is 26.9. The molecule has 0 amide bonds. The fraction of sp³-hybridized carbons (Fsp3) is 1.00. The standard InChI is InChI=1S/C14H25NO2S/c1-11-4-6-12(7-5-11)15(2)18(16,17)13-10-14(13)8-3-9-14/h11-13H,3-10H2,1-2H3. The average molecular weight is 271 g/mol. The highest BCUT2D eigenvalue weighted by molar-refractivity contribution is 7.90. The summed E-state index contributed by atoms with van der Waals surface area (Å²) in [6.45, 7) is 2.27. The zero-order chi connectivity index (χ0) is 13.0. The summed E-state index contributed by atoms with van der Waals surface area (Å²) in [5, 5.41) is -0.0388. The second-order valence-corrected chi connectivity index (χ2v) is 9.06. The third-order valence-electron chi connectivity index (χ3n) is 5.72. The van der Waals surface area contributed by atoms with Crippen molar-refractivity contribution in [2.75, 3.05) is 7.05 Å². The van der Waals surface area contributed by atoms with Crippen LogP contribution in [0.2, 0.25) is 0 Å². The van der Waals surface area contributed by atoms with E-state index in [1.807, 2.05) is 7.05 Å². The van der Waals surface area contributed by atoms with E-state index in [9.17, 15) is 8.42 Å². The fourth-order valence-electron chi connectivity index (χ4n) is 3.90. The average Bonchev–Trinajstić information content (AvgIpc) is 3.05. The van der Waals surface area contributed by atoms with Crippen molar-refractivity contribution < 1.29 is 8.42 Å². The number of sulfonamides is 1. The molecule has 3 aliphatic carbocycles. The molecule has 18 heavy (non-hydrogen) atoms. The van der Waals surface area contributed by atoms with Gasteiger partial charge in [-0.15, -0.1) is 0 Å². The van der Waals surface area contributed by atoms with Crippen molar-refractivity contribution in [3.8, 4) is 0 Å². The van der Waals surface area contributed by atoms with Gasteiger partial charge in [0.05, 0.1) is 5.25 Å². The van der Waals surface area contributed by atoms with Crippen LogP contribution in [0.4, 0.5) is 0 Å². The van der Waals surface area contributed by atoms with Crippen LogP contribution in [0.25, 0.3) is 0 Å². The van der Waals surface area contributed by atoms with Gasteiger partial charge in [0.2, 0.25) is 10.0 Å². The van der Waals surface area contributed by atoms with Crippen LogP contribution in [-0.2, 0) is 10.0 Å². The van der Waals surface area contributed by atoms with Gasteiger partial charge in [0.25, 0.3) is 0 Å². The Morgan fingerprint density at radius 1 is 1.11 bits per heavy atom. The summed E-state index contributed by atoms with van der Waals surface area (Å²) in [6, 6.07) is 0.268. The molecule has 0 aromatic heterocycles. The lowest BCUT2D eigenvalue weighted by Crippen LogP contribution is -2.42. The minimum atomic E-state index is -3.02. The Bertz CT molecular complexity index is 419. The van der Waals surface area contributed by atoms with E-state index in [0.29, 0.717) is 0 Å². The van der Waals surface area contributed by atoms with Crippen molar-refractivity contribution in [2.24, 2.45) is 11.3 Å². The molecule has 0 radical (unpaired) electrons. The highest BCUT2D eigenvalue weighted by atomic mass is 32.2. The molecule has 3 rings (SSSR count). The van der Waals surface area contributed by atoms with Gasteiger partial charge < -0.3 is 0 Å². The Hall–Kier alpha value is -0.0900. The minimum Gasteiger partial charge on any atom is -0.212 e. The summed E-state index contributed by atoms with van der Waals surface area (Å²) in [5.74, 6) is 0.774. The van der Waals surface area contributed by atoms with E-state index < -0.39 is 10.0 Å². The molecule has 0 heterocycles. The molecule has 4 heteroatoms. The molecule has 1 spiro atoms. The van der Waals surface area contributed by atoms with Crippen LogP contribution in [0.15, 0.2) is 0 Å². The summed E-state index contributed by atoms with van der Waals surface area (Å²) >= 11 is 0. The molecular weight excluding hydrogens is 246 g/mol. The Kier molecular flexibility index (Phi) is 3.02. The number of nitrogens with zero attached hydrogens (tertiary/aromatic N) is 1. The normalized spacial score (nSPS) is 38.7. The van der Waals surface area contributed by atoms with Gasteiger partial charge in [0.15, 0.2) is 0 Å². The summed E-state index contributed by atoms with van der Waals surface area (Å²) in [7, 11) is -1.20. The Balaban J connectivity index is 1.66. The molecule has 3 nitrogen and oxygen atoms in total. The SMILES string of the molecule is CC1CCC(N(C)S(=O)(=O)C2CC23CCC3)CC1. The third kappa shape index (κ3) is 1.92. The monoisotopic (exact) mass is 271 g/mol. The van der Waals surface area contributed by atoms with Crippen LogP contribution in [0.1, 0.15) is 58.3 Å². The van der Waals surface area contributed by atoms with Crippen LogP contribution in [0.5, 0.6) is 0 Å². The molecule has 0 aromatic rings. The summed E-state index contributed by atoms with van der Waals surface area (Å²) in [4.78, 5) is 0. The van der Waals surface area contributed by atoms with E-state index >= 15 is 0 Å². The molecule has 1 unspecified atom stereocenters. The van der Waals surface area contributed by atoms with Crippen molar-refractivity contribution in [3.63, 3.8) is 0 Å². The van der Waals surface area contributed by atoms with E-state index in [4.69, 9.17) is 0 Å². The van der Waals surface area contributed by atoms with Crippen molar-refractivity contribution in [2.45, 2.75) is 69.6 Å². The lowest BCUT2D eigenvalue weighted by atomic mass is 9.82. The molecular formula is C14H25NO2S. The molecule has 0 aromatic carbocycles. The second kappa shape index (κ2) is 4.20. The molecule has 1 atom stereocenters. The Morgan fingerprint density at radius 3 is 2.17 bits per heavy atom. The molecule has 0 bridgehead atoms. The van der Waals surface area contributed by atoms with Crippen LogP contribution in [0.3, 0.4) is 0 Å². The predicted octanol–water partition coefficient (Wildman–Crippen LogP) is 2.77. The van der Waals surface area contributed by atoms with Crippen molar-refractivity contribution in [3.05, 3.63) is 0 Å². The van der Waals surface area contributed by atoms with Gasteiger partial charge in [-0.05, 0) is 56.3 Å². The smallest absolute Gasteiger partial charge is 0.212 e. The summed E-state index contributed by atoms with van der Waals surface area (Å²) in [6.07, 6.45) is 8.92. The minimum absolute atomic E-state index is 0.0388. The first kappa shape index (κ1) is 12.9. The van der Waals surface area contributed by atoms with Crippen molar-refractivity contribution in [1.29, 1.82) is 0 Å².